The zero-order valence-electron chi connectivity index (χ0n) is 13.4. The summed E-state index contributed by atoms with van der Waals surface area (Å²) in [6, 6.07) is 7.61. The molecule has 0 aliphatic carbocycles. The first-order chi connectivity index (χ1) is 11.1. The molecule has 0 N–H and O–H groups in total. The number of anilines is 1. The van der Waals surface area contributed by atoms with Crippen molar-refractivity contribution in [1.82, 2.24) is 4.57 Å². The van der Waals surface area contributed by atoms with E-state index in [4.69, 9.17) is 9.47 Å². The van der Waals surface area contributed by atoms with Gasteiger partial charge in [0.1, 0.15) is 5.56 Å². The van der Waals surface area contributed by atoms with Crippen molar-refractivity contribution in [3.05, 3.63) is 40.2 Å². The molecule has 1 saturated heterocycles. The fourth-order valence-corrected chi connectivity index (χ4v) is 2.98. The number of aromatic nitrogens is 1. The monoisotopic (exact) mass is 316 g/mol. The molecule has 1 aromatic carbocycles. The molecule has 0 radical (unpaired) electrons. The fourth-order valence-electron chi connectivity index (χ4n) is 2.98. The molecule has 0 spiro atoms. The number of para-hydroxylation sites is 1. The number of esters is 1. The van der Waals surface area contributed by atoms with Crippen molar-refractivity contribution in [2.24, 2.45) is 7.05 Å². The van der Waals surface area contributed by atoms with Gasteiger partial charge in [0.25, 0.3) is 5.56 Å². The van der Waals surface area contributed by atoms with Crippen LogP contribution in [0.4, 0.5) is 5.69 Å². The second kappa shape index (κ2) is 6.42. The van der Waals surface area contributed by atoms with Crippen molar-refractivity contribution in [2.45, 2.75) is 6.92 Å². The van der Waals surface area contributed by atoms with Gasteiger partial charge in [0.05, 0.1) is 31.0 Å². The Bertz CT molecular complexity index is 791. The number of hydrogen-bond donors (Lipinski definition) is 0. The predicted octanol–water partition coefficient (Wildman–Crippen LogP) is 1.55. The molecular formula is C17H20N2O4. The number of fused-ring (bicyclic) bond motifs is 1. The van der Waals surface area contributed by atoms with Crippen LogP contribution in [0.25, 0.3) is 10.9 Å². The van der Waals surface area contributed by atoms with Crippen LogP contribution in [0.2, 0.25) is 0 Å². The third-order valence-corrected chi connectivity index (χ3v) is 4.08. The second-order valence-corrected chi connectivity index (χ2v) is 5.42. The first kappa shape index (κ1) is 15.6. The van der Waals surface area contributed by atoms with Crippen LogP contribution in [0.1, 0.15) is 17.3 Å². The summed E-state index contributed by atoms with van der Waals surface area (Å²) in [5.74, 6) is -0.569. The molecule has 6 heteroatoms. The van der Waals surface area contributed by atoms with Gasteiger partial charge in [0, 0.05) is 25.5 Å². The van der Waals surface area contributed by atoms with E-state index in [9.17, 15) is 9.59 Å². The highest BCUT2D eigenvalue weighted by Crippen LogP contribution is 2.29. The van der Waals surface area contributed by atoms with E-state index in [1.54, 1.807) is 14.0 Å². The van der Waals surface area contributed by atoms with Crippen molar-refractivity contribution in [1.29, 1.82) is 0 Å². The third-order valence-electron chi connectivity index (χ3n) is 4.08. The third kappa shape index (κ3) is 2.70. The number of hydrogen-bond acceptors (Lipinski definition) is 5. The normalized spacial score (nSPS) is 15.0. The standard InChI is InChI=1S/C17H20N2O4/c1-3-23-17(21)14-15(19-8-10-22-11-9-19)12-6-4-5-7-13(12)18(2)16(14)20/h4-7H,3,8-11H2,1-2H3. The van der Waals surface area contributed by atoms with E-state index in [-0.39, 0.29) is 17.7 Å². The van der Waals surface area contributed by atoms with Crippen LogP contribution in [0, 0.1) is 0 Å². The maximum atomic E-state index is 12.8. The zero-order valence-corrected chi connectivity index (χ0v) is 13.4. The molecule has 122 valence electrons. The number of ether oxygens (including phenoxy) is 2. The molecular weight excluding hydrogens is 296 g/mol. The largest absolute Gasteiger partial charge is 0.462 e. The van der Waals surface area contributed by atoms with Gasteiger partial charge in [-0.15, -0.1) is 0 Å². The van der Waals surface area contributed by atoms with Gasteiger partial charge in [-0.3, -0.25) is 4.79 Å². The topological polar surface area (TPSA) is 60.8 Å². The number of carbonyl (C=O) groups is 1. The lowest BCUT2D eigenvalue weighted by Crippen LogP contribution is -2.39. The van der Waals surface area contributed by atoms with Crippen LogP contribution >= 0.6 is 0 Å². The molecule has 0 saturated carbocycles. The molecule has 6 nitrogen and oxygen atoms in total. The average molecular weight is 316 g/mol. The van der Waals surface area contributed by atoms with E-state index in [0.717, 1.165) is 10.9 Å². The van der Waals surface area contributed by atoms with Gasteiger partial charge in [0.2, 0.25) is 0 Å². The summed E-state index contributed by atoms with van der Waals surface area (Å²) < 4.78 is 12.0. The van der Waals surface area contributed by atoms with Crippen LogP contribution in [0.3, 0.4) is 0 Å². The fraction of sp³-hybridized carbons (Fsp3) is 0.412. The molecule has 3 rings (SSSR count). The van der Waals surface area contributed by atoms with E-state index in [1.165, 1.54) is 4.57 Å². The smallest absolute Gasteiger partial charge is 0.345 e. The number of morpholine rings is 1. The second-order valence-electron chi connectivity index (χ2n) is 5.42. The van der Waals surface area contributed by atoms with Crippen molar-refractivity contribution in [3.8, 4) is 0 Å². The zero-order chi connectivity index (χ0) is 16.4. The van der Waals surface area contributed by atoms with Crippen LogP contribution in [-0.2, 0) is 16.5 Å². The average Bonchev–Trinajstić information content (AvgIpc) is 2.58. The highest BCUT2D eigenvalue weighted by Gasteiger charge is 2.26. The highest BCUT2D eigenvalue weighted by atomic mass is 16.5. The molecule has 2 heterocycles. The van der Waals surface area contributed by atoms with Crippen molar-refractivity contribution in [2.75, 3.05) is 37.8 Å². The van der Waals surface area contributed by atoms with E-state index in [0.29, 0.717) is 32.0 Å². The molecule has 0 bridgehead atoms. The minimum Gasteiger partial charge on any atom is -0.462 e. The Kier molecular flexibility index (Phi) is 4.34. The molecule has 23 heavy (non-hydrogen) atoms. The minimum absolute atomic E-state index is 0.106. The van der Waals surface area contributed by atoms with E-state index in [2.05, 4.69) is 0 Å². The van der Waals surface area contributed by atoms with Crippen molar-refractivity contribution >= 4 is 22.6 Å². The maximum absolute atomic E-state index is 12.8. The van der Waals surface area contributed by atoms with Gasteiger partial charge < -0.3 is 18.9 Å². The summed E-state index contributed by atoms with van der Waals surface area (Å²) in [6.07, 6.45) is 0. The Morgan fingerprint density at radius 2 is 1.96 bits per heavy atom. The highest BCUT2D eigenvalue weighted by molar-refractivity contribution is 6.05. The Morgan fingerprint density at radius 1 is 1.26 bits per heavy atom. The van der Waals surface area contributed by atoms with Crippen LogP contribution in [-0.4, -0.2) is 43.4 Å². The Balaban J connectivity index is 2.31. The summed E-state index contributed by atoms with van der Waals surface area (Å²) in [5, 5.41) is 0.875. The summed E-state index contributed by atoms with van der Waals surface area (Å²) in [6.45, 7) is 4.40. The predicted molar refractivity (Wildman–Crippen MR) is 88.2 cm³/mol. The summed E-state index contributed by atoms with van der Waals surface area (Å²) in [4.78, 5) is 27.2. The van der Waals surface area contributed by atoms with Gasteiger partial charge >= 0.3 is 5.97 Å². The molecule has 2 aromatic rings. The van der Waals surface area contributed by atoms with Crippen molar-refractivity contribution in [3.63, 3.8) is 0 Å². The molecule has 0 atom stereocenters. The first-order valence-electron chi connectivity index (χ1n) is 7.76. The summed E-state index contributed by atoms with van der Waals surface area (Å²) >= 11 is 0. The lowest BCUT2D eigenvalue weighted by Gasteiger charge is -2.31. The van der Waals surface area contributed by atoms with Gasteiger partial charge in [-0.2, -0.15) is 0 Å². The van der Waals surface area contributed by atoms with Crippen LogP contribution in [0.15, 0.2) is 29.1 Å². The van der Waals surface area contributed by atoms with Gasteiger partial charge in [-0.1, -0.05) is 18.2 Å². The summed E-state index contributed by atoms with van der Waals surface area (Å²) in [7, 11) is 1.68. The number of carbonyl (C=O) groups excluding carboxylic acids is 1. The van der Waals surface area contributed by atoms with Crippen LogP contribution in [0.5, 0.6) is 0 Å². The number of rotatable bonds is 3. The maximum Gasteiger partial charge on any atom is 0.345 e. The van der Waals surface area contributed by atoms with E-state index in [1.807, 2.05) is 29.2 Å². The number of benzene rings is 1. The molecule has 1 aliphatic rings. The lowest BCUT2D eigenvalue weighted by atomic mass is 10.1. The number of aryl methyl sites for hydroxylation is 1. The van der Waals surface area contributed by atoms with Gasteiger partial charge in [-0.25, -0.2) is 4.79 Å². The van der Waals surface area contributed by atoms with E-state index >= 15 is 0 Å². The van der Waals surface area contributed by atoms with E-state index < -0.39 is 5.97 Å². The van der Waals surface area contributed by atoms with Crippen LogP contribution < -0.4 is 10.5 Å². The summed E-state index contributed by atoms with van der Waals surface area (Å²) in [5.41, 5.74) is 1.23. The molecule has 1 aromatic heterocycles. The van der Waals surface area contributed by atoms with Gasteiger partial charge in [-0.05, 0) is 13.0 Å². The molecule has 0 amide bonds. The Morgan fingerprint density at radius 3 is 2.65 bits per heavy atom. The molecule has 0 unspecified atom stereocenters. The quantitative estimate of drug-likeness (QED) is 0.804. The number of nitrogens with zero attached hydrogens (tertiary/aromatic N) is 2. The number of pyridine rings is 1. The molecule has 1 fully saturated rings. The first-order valence-corrected chi connectivity index (χ1v) is 7.76. The Labute approximate surface area is 134 Å². The lowest BCUT2D eigenvalue weighted by molar-refractivity contribution is 0.0523. The molecule has 1 aliphatic heterocycles. The van der Waals surface area contributed by atoms with Crippen molar-refractivity contribution < 1.29 is 14.3 Å². The minimum atomic E-state index is -0.569. The van der Waals surface area contributed by atoms with Gasteiger partial charge in [0.15, 0.2) is 0 Å². The SMILES string of the molecule is CCOC(=O)c1c(N2CCOCC2)c2ccccc2n(C)c1=O. The Hall–Kier alpha value is -2.34.